The summed E-state index contributed by atoms with van der Waals surface area (Å²) in [6.07, 6.45) is 6.20. The highest BCUT2D eigenvalue weighted by Gasteiger charge is 2.47. The maximum atomic E-state index is 13.8. The summed E-state index contributed by atoms with van der Waals surface area (Å²) < 4.78 is 16.3. The van der Waals surface area contributed by atoms with Crippen molar-refractivity contribution in [1.82, 2.24) is 5.32 Å². The molecule has 0 radical (unpaired) electrons. The van der Waals surface area contributed by atoms with Gasteiger partial charge in [-0.05, 0) is 62.6 Å². The molecule has 2 aliphatic carbocycles. The quantitative estimate of drug-likeness (QED) is 0.352. The number of phenolic OH excluding ortho intramolecular Hbond substituents is 1. The van der Waals surface area contributed by atoms with Crippen molar-refractivity contribution >= 4 is 17.7 Å². The normalized spacial score (nSPS) is 25.0. The lowest BCUT2D eigenvalue weighted by Crippen LogP contribution is -2.43. The Balaban J connectivity index is 1.80. The molecule has 1 fully saturated rings. The molecule has 0 unspecified atom stereocenters. The number of methoxy groups -OCH3 is 2. The van der Waals surface area contributed by atoms with Crippen LogP contribution < -0.4 is 10.1 Å². The van der Waals surface area contributed by atoms with Crippen molar-refractivity contribution in [3.8, 4) is 11.5 Å². The Hall–Kier alpha value is -3.29. The second-order valence-corrected chi connectivity index (χ2v) is 9.99. The number of allylic oxidation sites excluding steroid dienone is 3. The molecular formula is C28H35NO7. The lowest BCUT2D eigenvalue weighted by atomic mass is 9.69. The number of benzene rings is 1. The zero-order valence-corrected chi connectivity index (χ0v) is 21.4. The van der Waals surface area contributed by atoms with E-state index in [1.54, 1.807) is 19.1 Å². The summed E-state index contributed by atoms with van der Waals surface area (Å²) in [5.41, 5.74) is 2.58. The Morgan fingerprint density at radius 1 is 1.08 bits per heavy atom. The third-order valence-corrected chi connectivity index (χ3v) is 7.58. The highest BCUT2D eigenvalue weighted by Crippen LogP contribution is 2.47. The second kappa shape index (κ2) is 10.8. The monoisotopic (exact) mass is 497 g/mol. The van der Waals surface area contributed by atoms with Crippen LogP contribution in [0.25, 0.3) is 0 Å². The second-order valence-electron chi connectivity index (χ2n) is 9.99. The standard InChI is InChI=1S/C28H35NO7/c1-15-13-19-25(26(31)22(15)27(32)35-4)24(17-11-12-20(30)21(14-17)34-3)23(16(2)29-19)28(33)36-18-9-7-5-6-8-10-18/h11-12,14-15,18,22,24,29-30H,5-10,13H2,1-4H3/t15-,22+,24+/m1/s1. The first kappa shape index (κ1) is 25.8. The Bertz CT molecular complexity index is 1110. The van der Waals surface area contributed by atoms with E-state index < -0.39 is 23.8 Å². The number of esters is 2. The number of carbonyl (C=O) groups excluding carboxylic acids is 3. The van der Waals surface area contributed by atoms with E-state index in [2.05, 4.69) is 5.32 Å². The molecule has 8 heteroatoms. The lowest BCUT2D eigenvalue weighted by molar-refractivity contribution is -0.151. The number of carbonyl (C=O) groups is 3. The summed E-state index contributed by atoms with van der Waals surface area (Å²) in [5, 5.41) is 13.5. The van der Waals surface area contributed by atoms with E-state index in [0.29, 0.717) is 34.5 Å². The van der Waals surface area contributed by atoms with Crippen LogP contribution in [0.5, 0.6) is 11.5 Å². The minimum Gasteiger partial charge on any atom is -0.504 e. The molecule has 0 aromatic heterocycles. The molecule has 2 N–H and O–H groups in total. The highest BCUT2D eigenvalue weighted by molar-refractivity contribution is 6.12. The summed E-state index contributed by atoms with van der Waals surface area (Å²) in [6, 6.07) is 4.78. The van der Waals surface area contributed by atoms with Gasteiger partial charge in [-0.1, -0.05) is 25.8 Å². The summed E-state index contributed by atoms with van der Waals surface area (Å²) in [5.74, 6) is -3.26. The number of ketones is 1. The van der Waals surface area contributed by atoms with Crippen LogP contribution in [0, 0.1) is 11.8 Å². The fourth-order valence-corrected chi connectivity index (χ4v) is 5.73. The Morgan fingerprint density at radius 3 is 2.42 bits per heavy atom. The average molecular weight is 498 g/mol. The van der Waals surface area contributed by atoms with Crippen molar-refractivity contribution in [2.45, 2.75) is 70.8 Å². The van der Waals surface area contributed by atoms with Crippen molar-refractivity contribution in [2.75, 3.05) is 14.2 Å². The van der Waals surface area contributed by atoms with Crippen molar-refractivity contribution in [1.29, 1.82) is 0 Å². The van der Waals surface area contributed by atoms with Crippen molar-refractivity contribution < 1.29 is 33.7 Å². The molecule has 4 rings (SSSR count). The molecule has 0 saturated heterocycles. The highest BCUT2D eigenvalue weighted by atomic mass is 16.5. The Morgan fingerprint density at radius 2 is 1.78 bits per heavy atom. The van der Waals surface area contributed by atoms with Gasteiger partial charge >= 0.3 is 11.9 Å². The fourth-order valence-electron chi connectivity index (χ4n) is 5.73. The molecule has 3 atom stereocenters. The SMILES string of the molecule is COC(=O)[C@@H]1C(=O)C2=C(C[C@H]1C)NC(C)=C(C(=O)OC1CCCCCC1)[C@@H]2c1ccc(O)c(OC)c1. The van der Waals surface area contributed by atoms with E-state index in [9.17, 15) is 19.5 Å². The zero-order chi connectivity index (χ0) is 26.0. The van der Waals surface area contributed by atoms with Crippen LogP contribution in [0.3, 0.4) is 0 Å². The molecule has 1 aromatic carbocycles. The smallest absolute Gasteiger partial charge is 0.337 e. The first-order valence-electron chi connectivity index (χ1n) is 12.7. The molecule has 8 nitrogen and oxygen atoms in total. The number of aromatic hydroxyl groups is 1. The summed E-state index contributed by atoms with van der Waals surface area (Å²) in [6.45, 7) is 3.65. The molecule has 0 spiro atoms. The first-order chi connectivity index (χ1) is 17.3. The summed E-state index contributed by atoms with van der Waals surface area (Å²) >= 11 is 0. The van der Waals surface area contributed by atoms with Crippen LogP contribution in [0.2, 0.25) is 0 Å². The molecule has 1 aromatic rings. The van der Waals surface area contributed by atoms with Gasteiger partial charge in [0.2, 0.25) is 0 Å². The minimum atomic E-state index is -0.963. The number of rotatable bonds is 5. The van der Waals surface area contributed by atoms with Gasteiger partial charge in [0.05, 0.1) is 19.8 Å². The number of Topliss-reactive ketones (excluding diaryl/α,β-unsaturated/α-hetero) is 1. The van der Waals surface area contributed by atoms with Crippen LogP contribution in [0.4, 0.5) is 0 Å². The molecule has 1 heterocycles. The molecule has 0 bridgehead atoms. The van der Waals surface area contributed by atoms with Gasteiger partial charge in [0.25, 0.3) is 0 Å². The Labute approximate surface area is 211 Å². The van der Waals surface area contributed by atoms with Crippen molar-refractivity contribution in [3.63, 3.8) is 0 Å². The molecule has 1 aliphatic heterocycles. The van der Waals surface area contributed by atoms with Crippen LogP contribution in [-0.2, 0) is 23.9 Å². The topological polar surface area (TPSA) is 111 Å². The number of dihydropyridines is 1. The van der Waals surface area contributed by atoms with Gasteiger partial charge in [-0.3, -0.25) is 9.59 Å². The van der Waals surface area contributed by atoms with Crippen LogP contribution in [0.1, 0.15) is 70.3 Å². The van der Waals surface area contributed by atoms with Gasteiger partial charge in [0, 0.05) is 22.9 Å². The van der Waals surface area contributed by atoms with Crippen molar-refractivity contribution in [2.24, 2.45) is 11.8 Å². The van der Waals surface area contributed by atoms with E-state index in [-0.39, 0.29) is 29.3 Å². The largest absolute Gasteiger partial charge is 0.504 e. The predicted octanol–water partition coefficient (Wildman–Crippen LogP) is 4.28. The maximum absolute atomic E-state index is 13.8. The van der Waals surface area contributed by atoms with E-state index in [4.69, 9.17) is 14.2 Å². The van der Waals surface area contributed by atoms with Gasteiger partial charge in [-0.15, -0.1) is 0 Å². The fraction of sp³-hybridized carbons (Fsp3) is 0.536. The molecule has 3 aliphatic rings. The van der Waals surface area contributed by atoms with E-state index in [1.165, 1.54) is 20.3 Å². The molecule has 194 valence electrons. The van der Waals surface area contributed by atoms with E-state index in [0.717, 1.165) is 38.5 Å². The summed E-state index contributed by atoms with van der Waals surface area (Å²) in [7, 11) is 2.71. The van der Waals surface area contributed by atoms with Gasteiger partial charge in [-0.25, -0.2) is 4.79 Å². The molecular weight excluding hydrogens is 462 g/mol. The number of hydrogen-bond acceptors (Lipinski definition) is 8. The van der Waals surface area contributed by atoms with Gasteiger partial charge in [-0.2, -0.15) is 0 Å². The van der Waals surface area contributed by atoms with Gasteiger partial charge < -0.3 is 24.6 Å². The predicted molar refractivity (Wildman–Crippen MR) is 132 cm³/mol. The summed E-state index contributed by atoms with van der Waals surface area (Å²) in [4.78, 5) is 40.1. The van der Waals surface area contributed by atoms with E-state index in [1.807, 2.05) is 6.92 Å². The lowest BCUT2D eigenvalue weighted by Gasteiger charge is -2.38. The van der Waals surface area contributed by atoms with Crippen molar-refractivity contribution in [3.05, 3.63) is 46.3 Å². The third-order valence-electron chi connectivity index (χ3n) is 7.58. The number of hydrogen-bond donors (Lipinski definition) is 2. The molecule has 0 amide bonds. The van der Waals surface area contributed by atoms with Crippen LogP contribution in [0.15, 0.2) is 40.7 Å². The first-order valence-corrected chi connectivity index (χ1v) is 12.7. The average Bonchev–Trinajstić information content (AvgIpc) is 3.11. The van der Waals surface area contributed by atoms with Crippen LogP contribution in [-0.4, -0.2) is 43.2 Å². The molecule has 1 saturated carbocycles. The van der Waals surface area contributed by atoms with Gasteiger partial charge in [0.15, 0.2) is 17.3 Å². The van der Waals surface area contributed by atoms with Gasteiger partial charge in [0.1, 0.15) is 12.0 Å². The Kier molecular flexibility index (Phi) is 7.71. The minimum absolute atomic E-state index is 0.0521. The van der Waals surface area contributed by atoms with E-state index >= 15 is 0 Å². The third kappa shape index (κ3) is 4.86. The maximum Gasteiger partial charge on any atom is 0.337 e. The molecule has 36 heavy (non-hydrogen) atoms. The number of nitrogens with one attached hydrogen (secondary N) is 1. The number of phenols is 1. The zero-order valence-electron chi connectivity index (χ0n) is 21.4. The van der Waals surface area contributed by atoms with Crippen LogP contribution >= 0.6 is 0 Å². The number of ether oxygens (including phenoxy) is 3.